The van der Waals surface area contributed by atoms with Crippen LogP contribution in [0.2, 0.25) is 0 Å². The average molecular weight is 257 g/mol. The first kappa shape index (κ1) is 11.0. The van der Waals surface area contributed by atoms with Crippen molar-refractivity contribution in [2.45, 2.75) is 6.92 Å². The lowest BCUT2D eigenvalue weighted by molar-refractivity contribution is 0.944. The van der Waals surface area contributed by atoms with Crippen molar-refractivity contribution >= 4 is 27.7 Å². The molecule has 1 aromatic rings. The predicted octanol–water partition coefficient (Wildman–Crippen LogP) is 1.83. The van der Waals surface area contributed by atoms with Crippen LogP contribution in [0, 0.1) is 0 Å². The Morgan fingerprint density at radius 1 is 1.64 bits per heavy atom. The van der Waals surface area contributed by atoms with E-state index in [4.69, 9.17) is 5.73 Å². The second kappa shape index (κ2) is 4.41. The maximum Gasteiger partial charge on any atom is 0.223 e. The number of likely N-dealkylation sites (N-methyl/N-ethyl adjacent to an activating group) is 1. The SMILES string of the molecule is C=C(C)CN(C)c1cc(Br)nc(N)n1. The first-order chi connectivity index (χ1) is 6.49. The van der Waals surface area contributed by atoms with Gasteiger partial charge < -0.3 is 10.6 Å². The van der Waals surface area contributed by atoms with E-state index in [0.29, 0.717) is 4.60 Å². The van der Waals surface area contributed by atoms with E-state index in [2.05, 4.69) is 32.5 Å². The molecule has 5 heteroatoms. The van der Waals surface area contributed by atoms with Crippen LogP contribution in [0.3, 0.4) is 0 Å². The molecular weight excluding hydrogens is 244 g/mol. The number of halogens is 1. The number of nitrogens with zero attached hydrogens (tertiary/aromatic N) is 3. The van der Waals surface area contributed by atoms with Gasteiger partial charge in [0.05, 0.1) is 0 Å². The lowest BCUT2D eigenvalue weighted by Gasteiger charge is -2.18. The Labute approximate surface area is 92.0 Å². The van der Waals surface area contributed by atoms with E-state index in [1.54, 1.807) is 0 Å². The zero-order valence-corrected chi connectivity index (χ0v) is 9.87. The fourth-order valence-electron chi connectivity index (χ4n) is 1.10. The third-order valence-corrected chi connectivity index (χ3v) is 2.00. The van der Waals surface area contributed by atoms with E-state index < -0.39 is 0 Å². The lowest BCUT2D eigenvalue weighted by Crippen LogP contribution is -2.20. The highest BCUT2D eigenvalue weighted by atomic mass is 79.9. The molecule has 1 aromatic heterocycles. The van der Waals surface area contributed by atoms with Crippen LogP contribution in [-0.4, -0.2) is 23.6 Å². The fraction of sp³-hybridized carbons (Fsp3) is 0.333. The highest BCUT2D eigenvalue weighted by Crippen LogP contribution is 2.16. The standard InChI is InChI=1S/C9H13BrN4/c1-6(2)5-14(3)8-4-7(10)12-9(11)13-8/h4H,1,5H2,2-3H3,(H2,11,12,13). The Kier molecular flexibility index (Phi) is 3.46. The topological polar surface area (TPSA) is 55.0 Å². The zero-order valence-electron chi connectivity index (χ0n) is 8.29. The number of hydrogen-bond acceptors (Lipinski definition) is 4. The molecule has 0 atom stereocenters. The van der Waals surface area contributed by atoms with Gasteiger partial charge in [0.25, 0.3) is 0 Å². The van der Waals surface area contributed by atoms with E-state index in [0.717, 1.165) is 17.9 Å². The summed E-state index contributed by atoms with van der Waals surface area (Å²) in [6.07, 6.45) is 0. The highest BCUT2D eigenvalue weighted by molar-refractivity contribution is 9.10. The molecule has 0 unspecified atom stereocenters. The van der Waals surface area contributed by atoms with E-state index in [-0.39, 0.29) is 5.95 Å². The zero-order chi connectivity index (χ0) is 10.7. The number of nitrogens with two attached hydrogens (primary N) is 1. The number of hydrogen-bond donors (Lipinski definition) is 1. The van der Waals surface area contributed by atoms with Gasteiger partial charge in [-0.1, -0.05) is 12.2 Å². The largest absolute Gasteiger partial charge is 0.368 e. The average Bonchev–Trinajstić information content (AvgIpc) is 2.00. The van der Waals surface area contributed by atoms with Crippen molar-refractivity contribution in [1.29, 1.82) is 0 Å². The number of anilines is 2. The third kappa shape index (κ3) is 2.99. The van der Waals surface area contributed by atoms with Crippen LogP contribution in [0.15, 0.2) is 22.8 Å². The highest BCUT2D eigenvalue weighted by Gasteiger charge is 2.05. The van der Waals surface area contributed by atoms with Crippen LogP contribution in [0.25, 0.3) is 0 Å². The molecule has 0 aliphatic rings. The molecule has 14 heavy (non-hydrogen) atoms. The van der Waals surface area contributed by atoms with Crippen molar-refractivity contribution in [3.8, 4) is 0 Å². The Morgan fingerprint density at radius 3 is 2.79 bits per heavy atom. The van der Waals surface area contributed by atoms with E-state index in [1.165, 1.54) is 0 Å². The first-order valence-electron chi connectivity index (χ1n) is 4.14. The van der Waals surface area contributed by atoms with Crippen molar-refractivity contribution in [2.75, 3.05) is 24.2 Å². The van der Waals surface area contributed by atoms with Gasteiger partial charge in [-0.25, -0.2) is 4.98 Å². The molecule has 0 aliphatic carbocycles. The summed E-state index contributed by atoms with van der Waals surface area (Å²) in [6.45, 7) is 6.56. The summed E-state index contributed by atoms with van der Waals surface area (Å²) in [5, 5.41) is 0. The molecule has 0 amide bonds. The van der Waals surface area contributed by atoms with Gasteiger partial charge in [0, 0.05) is 19.7 Å². The minimum absolute atomic E-state index is 0.267. The second-order valence-electron chi connectivity index (χ2n) is 3.22. The molecular formula is C9H13BrN4. The molecule has 0 aliphatic heterocycles. The molecule has 0 saturated carbocycles. The summed E-state index contributed by atoms with van der Waals surface area (Å²) in [5.74, 6) is 1.05. The van der Waals surface area contributed by atoms with Gasteiger partial charge in [0.15, 0.2) is 0 Å². The first-order valence-corrected chi connectivity index (χ1v) is 4.94. The molecule has 2 N–H and O–H groups in total. The van der Waals surface area contributed by atoms with E-state index in [1.807, 2.05) is 24.9 Å². The monoisotopic (exact) mass is 256 g/mol. The summed E-state index contributed by atoms with van der Waals surface area (Å²) in [7, 11) is 1.93. The molecule has 76 valence electrons. The molecule has 0 fully saturated rings. The molecule has 0 spiro atoms. The Bertz CT molecular complexity index is 330. The summed E-state index contributed by atoms with van der Waals surface area (Å²) in [6, 6.07) is 1.82. The van der Waals surface area contributed by atoms with Crippen LogP contribution in [0.4, 0.5) is 11.8 Å². The Balaban J connectivity index is 2.89. The molecule has 1 rings (SSSR count). The van der Waals surface area contributed by atoms with E-state index in [9.17, 15) is 0 Å². The van der Waals surface area contributed by atoms with Crippen molar-refractivity contribution in [3.63, 3.8) is 0 Å². The number of nitrogen functional groups attached to an aromatic ring is 1. The fourth-order valence-corrected chi connectivity index (χ4v) is 1.49. The van der Waals surface area contributed by atoms with Crippen LogP contribution in [0.1, 0.15) is 6.92 Å². The van der Waals surface area contributed by atoms with Crippen LogP contribution in [-0.2, 0) is 0 Å². The number of rotatable bonds is 3. The maximum atomic E-state index is 5.53. The van der Waals surface area contributed by atoms with Gasteiger partial charge in [-0.3, -0.25) is 0 Å². The van der Waals surface area contributed by atoms with Crippen molar-refractivity contribution in [1.82, 2.24) is 9.97 Å². The molecule has 0 saturated heterocycles. The van der Waals surface area contributed by atoms with Gasteiger partial charge in [-0.05, 0) is 22.9 Å². The number of aromatic nitrogens is 2. The second-order valence-corrected chi connectivity index (χ2v) is 4.03. The smallest absolute Gasteiger partial charge is 0.223 e. The summed E-state index contributed by atoms with van der Waals surface area (Å²) >= 11 is 3.27. The van der Waals surface area contributed by atoms with Crippen LogP contribution < -0.4 is 10.6 Å². The van der Waals surface area contributed by atoms with Crippen LogP contribution >= 0.6 is 15.9 Å². The molecule has 0 radical (unpaired) electrons. The summed E-state index contributed by atoms with van der Waals surface area (Å²) < 4.78 is 0.688. The van der Waals surface area contributed by atoms with Crippen molar-refractivity contribution in [2.24, 2.45) is 0 Å². The molecule has 0 aromatic carbocycles. The summed E-state index contributed by atoms with van der Waals surface area (Å²) in [5.41, 5.74) is 6.60. The minimum atomic E-state index is 0.267. The molecule has 0 bridgehead atoms. The Morgan fingerprint density at radius 2 is 2.29 bits per heavy atom. The van der Waals surface area contributed by atoms with Crippen LogP contribution in [0.5, 0.6) is 0 Å². The quantitative estimate of drug-likeness (QED) is 0.663. The molecule has 4 nitrogen and oxygen atoms in total. The van der Waals surface area contributed by atoms with Gasteiger partial charge in [-0.2, -0.15) is 4.98 Å². The van der Waals surface area contributed by atoms with E-state index >= 15 is 0 Å². The third-order valence-electron chi connectivity index (χ3n) is 1.60. The normalized spacial score (nSPS) is 9.93. The maximum absolute atomic E-state index is 5.53. The molecule has 1 heterocycles. The van der Waals surface area contributed by atoms with Crippen molar-refractivity contribution < 1.29 is 0 Å². The Hall–Kier alpha value is -1.10. The van der Waals surface area contributed by atoms with Crippen molar-refractivity contribution in [3.05, 3.63) is 22.8 Å². The van der Waals surface area contributed by atoms with Gasteiger partial charge in [0.1, 0.15) is 10.4 Å². The van der Waals surface area contributed by atoms with Gasteiger partial charge in [-0.15, -0.1) is 0 Å². The van der Waals surface area contributed by atoms with Gasteiger partial charge >= 0.3 is 0 Å². The summed E-state index contributed by atoms with van der Waals surface area (Å²) in [4.78, 5) is 10.0. The lowest BCUT2D eigenvalue weighted by atomic mass is 10.3. The predicted molar refractivity (Wildman–Crippen MR) is 62.2 cm³/mol. The minimum Gasteiger partial charge on any atom is -0.368 e. The van der Waals surface area contributed by atoms with Gasteiger partial charge in [0.2, 0.25) is 5.95 Å².